The van der Waals surface area contributed by atoms with Crippen molar-refractivity contribution in [3.8, 4) is 5.75 Å². The van der Waals surface area contributed by atoms with Gasteiger partial charge in [0.05, 0.1) is 0 Å². The molecule has 1 aliphatic heterocycles. The Labute approximate surface area is 237 Å². The Hall–Kier alpha value is -3.44. The van der Waals surface area contributed by atoms with Crippen LogP contribution in [0.1, 0.15) is 65.1 Å². The molecule has 0 saturated heterocycles. The summed E-state index contributed by atoms with van der Waals surface area (Å²) in [5.41, 5.74) is 0.316. The highest BCUT2D eigenvalue weighted by Gasteiger charge is 2.48. The Balaban J connectivity index is 1.05. The third-order valence-electron chi connectivity index (χ3n) is 7.83. The van der Waals surface area contributed by atoms with E-state index in [0.29, 0.717) is 31.5 Å². The van der Waals surface area contributed by atoms with Crippen LogP contribution in [-0.2, 0) is 27.9 Å². The number of nitrogens with one attached hydrogen (secondary N) is 1. The maximum Gasteiger partial charge on any atom is 0.534 e. The number of alkyl halides is 3. The number of unbranched alkanes of at least 4 members (excludes halogenated alkanes) is 1. The number of nitrogens with zero attached hydrogens (tertiary/aromatic N) is 1. The molecule has 0 bridgehead atoms. The lowest BCUT2D eigenvalue weighted by molar-refractivity contribution is -0.114. The first-order chi connectivity index (χ1) is 19.5. The number of fused-ring (bicyclic) bond motifs is 2. The van der Waals surface area contributed by atoms with Gasteiger partial charge in [-0.15, -0.1) is 0 Å². The van der Waals surface area contributed by atoms with Crippen molar-refractivity contribution in [3.05, 3.63) is 88.0 Å². The van der Waals surface area contributed by atoms with Crippen LogP contribution in [-0.4, -0.2) is 50.2 Å². The third-order valence-corrected chi connectivity index (χ3v) is 8.81. The molecule has 1 unspecified atom stereocenters. The zero-order valence-corrected chi connectivity index (χ0v) is 23.2. The Bertz CT molecular complexity index is 1500. The summed E-state index contributed by atoms with van der Waals surface area (Å²) in [5, 5.41) is 2.95. The molecule has 3 aliphatic rings. The number of allylic oxidation sites excluding steroid dienone is 4. The van der Waals surface area contributed by atoms with Gasteiger partial charge < -0.3 is 9.50 Å². The van der Waals surface area contributed by atoms with Gasteiger partial charge in [-0.1, -0.05) is 24.3 Å². The van der Waals surface area contributed by atoms with Crippen LogP contribution >= 0.6 is 0 Å². The van der Waals surface area contributed by atoms with Crippen LogP contribution in [0.3, 0.4) is 0 Å². The Morgan fingerprint density at radius 2 is 1.83 bits per heavy atom. The van der Waals surface area contributed by atoms with E-state index in [1.165, 1.54) is 17.7 Å². The highest BCUT2D eigenvalue weighted by atomic mass is 32.2. The molecule has 5 rings (SSSR count). The third kappa shape index (κ3) is 6.73. The van der Waals surface area contributed by atoms with Crippen molar-refractivity contribution >= 4 is 21.8 Å². The van der Waals surface area contributed by atoms with E-state index >= 15 is 0 Å². The number of rotatable bonds is 9. The molecule has 2 aliphatic carbocycles. The van der Waals surface area contributed by atoms with E-state index < -0.39 is 15.6 Å². The van der Waals surface area contributed by atoms with Crippen molar-refractivity contribution in [1.29, 1.82) is 0 Å². The number of benzene rings is 2. The van der Waals surface area contributed by atoms with E-state index in [2.05, 4.69) is 14.4 Å². The predicted octanol–water partition coefficient (Wildman–Crippen LogP) is 5.19. The predicted molar refractivity (Wildman–Crippen MR) is 147 cm³/mol. The molecule has 1 saturated carbocycles. The summed E-state index contributed by atoms with van der Waals surface area (Å²) in [4.78, 5) is 26.5. The minimum Gasteiger partial charge on any atom is -0.376 e. The minimum atomic E-state index is -5.71. The summed E-state index contributed by atoms with van der Waals surface area (Å²) in [6.07, 6.45) is 8.38. The van der Waals surface area contributed by atoms with Crippen LogP contribution in [0.15, 0.2) is 65.8 Å². The molecule has 218 valence electrons. The van der Waals surface area contributed by atoms with Gasteiger partial charge in [-0.05, 0) is 96.8 Å². The van der Waals surface area contributed by atoms with Crippen LogP contribution in [0, 0.1) is 0 Å². The van der Waals surface area contributed by atoms with Crippen molar-refractivity contribution in [2.45, 2.75) is 56.5 Å². The van der Waals surface area contributed by atoms with Crippen molar-refractivity contribution in [3.63, 3.8) is 0 Å². The highest BCUT2D eigenvalue weighted by Crippen LogP contribution is 2.44. The Morgan fingerprint density at radius 1 is 1.05 bits per heavy atom. The molecule has 1 atom stereocenters. The first-order valence-corrected chi connectivity index (χ1v) is 15.1. The largest absolute Gasteiger partial charge is 0.534 e. The van der Waals surface area contributed by atoms with Gasteiger partial charge >= 0.3 is 15.6 Å². The van der Waals surface area contributed by atoms with E-state index in [-0.39, 0.29) is 23.4 Å². The quantitative estimate of drug-likeness (QED) is 0.246. The van der Waals surface area contributed by atoms with E-state index in [1.54, 1.807) is 12.1 Å². The molecule has 0 spiro atoms. The summed E-state index contributed by atoms with van der Waals surface area (Å²) in [6.45, 7) is 2.49. The Kier molecular flexibility index (Phi) is 8.37. The van der Waals surface area contributed by atoms with Crippen molar-refractivity contribution in [2.75, 3.05) is 19.6 Å². The minimum absolute atomic E-state index is 0.140. The fraction of sp³-hybridized carbons (Fsp3) is 0.400. The van der Waals surface area contributed by atoms with Gasteiger partial charge in [0.2, 0.25) is 0 Å². The molecule has 0 aromatic heterocycles. The number of hydrogen-bond donors (Lipinski definition) is 1. The number of carbonyl (C=O) groups excluding carboxylic acids is 2. The molecule has 1 amide bonds. The molecule has 41 heavy (non-hydrogen) atoms. The first-order valence-electron chi connectivity index (χ1n) is 13.7. The monoisotopic (exact) mass is 588 g/mol. The Morgan fingerprint density at radius 3 is 2.59 bits per heavy atom. The maximum absolute atomic E-state index is 12.6. The maximum atomic E-state index is 12.6. The molecule has 2 aromatic rings. The highest BCUT2D eigenvalue weighted by molar-refractivity contribution is 7.88. The van der Waals surface area contributed by atoms with Gasteiger partial charge in [0.15, 0.2) is 5.78 Å². The number of carbonyl (C=O) groups is 2. The summed E-state index contributed by atoms with van der Waals surface area (Å²) in [7, 11) is -5.71. The summed E-state index contributed by atoms with van der Waals surface area (Å²) in [5.74, 6) is -0.0743. The standard InChI is InChI=1S/C30H31F3N2O5S/c31-30(32,33)41(38,39)40-26-10-7-20-13-16-35(19-24(20)18-26)15-2-1-14-34-29(37)22-5-3-21(4-6-22)27-11-8-23-17-25(36)9-12-28(23)27/h3-7,10,12,17-18,27H,1-2,8-9,11,13-16,19H2,(H,34,37). The normalized spacial score (nSPS) is 19.2. The van der Waals surface area contributed by atoms with E-state index in [9.17, 15) is 31.2 Å². The smallest absolute Gasteiger partial charge is 0.376 e. The van der Waals surface area contributed by atoms with Crippen LogP contribution in [0.25, 0.3) is 0 Å². The average Bonchev–Trinajstić information content (AvgIpc) is 3.35. The fourth-order valence-corrected chi connectivity index (χ4v) is 6.15. The van der Waals surface area contributed by atoms with Crippen LogP contribution in [0.4, 0.5) is 13.2 Å². The summed E-state index contributed by atoms with van der Waals surface area (Å²) < 4.78 is 64.8. The fourth-order valence-electron chi connectivity index (χ4n) is 5.70. The molecule has 7 nitrogen and oxygen atoms in total. The second-order valence-electron chi connectivity index (χ2n) is 10.6. The lowest BCUT2D eigenvalue weighted by Crippen LogP contribution is -2.32. The van der Waals surface area contributed by atoms with Gasteiger partial charge in [0.25, 0.3) is 5.91 Å². The van der Waals surface area contributed by atoms with E-state index in [4.69, 9.17) is 0 Å². The molecule has 1 heterocycles. The van der Waals surface area contributed by atoms with Crippen LogP contribution in [0.5, 0.6) is 5.75 Å². The number of hydrogen-bond acceptors (Lipinski definition) is 6. The van der Waals surface area contributed by atoms with Crippen LogP contribution in [0.2, 0.25) is 0 Å². The SMILES string of the molecule is O=C1C=C2CCC(c3ccc(C(=O)NCCCCN4CCc5ccc(OS(=O)(=O)C(F)(F)F)cc5C4)cc3)C2=CC1. The van der Waals surface area contributed by atoms with Gasteiger partial charge in [0, 0.05) is 37.5 Å². The topological polar surface area (TPSA) is 92.8 Å². The molecule has 2 aromatic carbocycles. The number of ketones is 1. The van der Waals surface area contributed by atoms with Crippen molar-refractivity contribution in [1.82, 2.24) is 10.2 Å². The zero-order chi connectivity index (χ0) is 29.2. The lowest BCUT2D eigenvalue weighted by Gasteiger charge is -2.29. The first kappa shape index (κ1) is 29.1. The van der Waals surface area contributed by atoms with Crippen molar-refractivity contribution < 1.29 is 35.4 Å². The molecule has 1 N–H and O–H groups in total. The molecular formula is C30H31F3N2O5S. The average molecular weight is 589 g/mol. The molecule has 1 fully saturated rings. The number of halogens is 3. The van der Waals surface area contributed by atoms with Gasteiger partial charge in [-0.25, -0.2) is 0 Å². The second-order valence-corrected chi connectivity index (χ2v) is 12.2. The van der Waals surface area contributed by atoms with Gasteiger partial charge in [-0.3, -0.25) is 14.5 Å². The second kappa shape index (κ2) is 11.8. The van der Waals surface area contributed by atoms with Crippen LogP contribution < -0.4 is 9.50 Å². The van der Waals surface area contributed by atoms with Crippen molar-refractivity contribution in [2.24, 2.45) is 0 Å². The van der Waals surface area contributed by atoms with Gasteiger partial charge in [0.1, 0.15) is 5.75 Å². The molecule has 11 heteroatoms. The summed E-state index contributed by atoms with van der Waals surface area (Å²) >= 11 is 0. The van der Waals surface area contributed by atoms with E-state index in [0.717, 1.165) is 61.0 Å². The van der Waals surface area contributed by atoms with E-state index in [1.807, 2.05) is 30.3 Å². The molecule has 0 radical (unpaired) electrons. The number of amides is 1. The summed E-state index contributed by atoms with van der Waals surface area (Å²) in [6, 6.07) is 11.9. The van der Waals surface area contributed by atoms with Gasteiger partial charge in [-0.2, -0.15) is 21.6 Å². The molecular weight excluding hydrogens is 557 g/mol. The lowest BCUT2D eigenvalue weighted by atomic mass is 9.89. The zero-order valence-electron chi connectivity index (χ0n) is 22.4.